The van der Waals surface area contributed by atoms with E-state index in [-0.39, 0.29) is 5.75 Å². The highest BCUT2D eigenvalue weighted by molar-refractivity contribution is 6.30. The number of phenolic OH excluding ortho intramolecular Hbond substituents is 1. The van der Waals surface area contributed by atoms with Crippen LogP contribution in [0.1, 0.15) is 5.69 Å². The molecule has 0 fully saturated rings. The van der Waals surface area contributed by atoms with Gasteiger partial charge in [-0.05, 0) is 36.4 Å². The Labute approximate surface area is 127 Å². The van der Waals surface area contributed by atoms with Gasteiger partial charge in [0, 0.05) is 23.0 Å². The Hall–Kier alpha value is -2.52. The minimum atomic E-state index is 0.0663. The van der Waals surface area contributed by atoms with Gasteiger partial charge >= 0.3 is 0 Å². The molecular formula is C17H13ClN2O. The van der Waals surface area contributed by atoms with E-state index in [2.05, 4.69) is 4.99 Å². The Morgan fingerprint density at radius 1 is 1.00 bits per heavy atom. The molecular weight excluding hydrogens is 284 g/mol. The molecule has 4 heteroatoms. The fourth-order valence-corrected chi connectivity index (χ4v) is 2.23. The summed E-state index contributed by atoms with van der Waals surface area (Å²) in [5.41, 5.74) is 2.47. The van der Waals surface area contributed by atoms with Crippen molar-refractivity contribution in [2.24, 2.45) is 4.99 Å². The molecule has 3 aromatic rings. The second kappa shape index (κ2) is 5.85. The molecule has 104 valence electrons. The number of aromatic hydroxyl groups is 1. The van der Waals surface area contributed by atoms with E-state index in [4.69, 9.17) is 11.6 Å². The number of aliphatic imine (C=N–C) groups is 1. The fraction of sp³-hybridized carbons (Fsp3) is 0. The van der Waals surface area contributed by atoms with Gasteiger partial charge in [-0.3, -0.25) is 4.99 Å². The highest BCUT2D eigenvalue weighted by atomic mass is 35.5. The van der Waals surface area contributed by atoms with Crippen LogP contribution in [0, 0.1) is 0 Å². The lowest BCUT2D eigenvalue weighted by molar-refractivity contribution is 0.477. The average Bonchev–Trinajstić information content (AvgIpc) is 2.96. The van der Waals surface area contributed by atoms with Crippen LogP contribution < -0.4 is 0 Å². The largest absolute Gasteiger partial charge is 0.506 e. The van der Waals surface area contributed by atoms with Crippen molar-refractivity contribution in [1.29, 1.82) is 0 Å². The summed E-state index contributed by atoms with van der Waals surface area (Å²) < 4.78 is 2.02. The van der Waals surface area contributed by atoms with Gasteiger partial charge < -0.3 is 9.67 Å². The fourth-order valence-electron chi connectivity index (χ4n) is 2.06. The number of rotatable bonds is 3. The van der Waals surface area contributed by atoms with Gasteiger partial charge in [0.15, 0.2) is 0 Å². The first-order valence-corrected chi connectivity index (χ1v) is 6.87. The third kappa shape index (κ3) is 2.98. The van der Waals surface area contributed by atoms with Crippen molar-refractivity contribution >= 4 is 23.5 Å². The number of halogens is 1. The molecule has 2 aromatic carbocycles. The molecule has 1 aromatic heterocycles. The van der Waals surface area contributed by atoms with Gasteiger partial charge in [0.1, 0.15) is 11.4 Å². The highest BCUT2D eigenvalue weighted by Crippen LogP contribution is 2.29. The quantitative estimate of drug-likeness (QED) is 0.705. The van der Waals surface area contributed by atoms with Crippen LogP contribution >= 0.6 is 11.6 Å². The average molecular weight is 297 g/mol. The topological polar surface area (TPSA) is 37.5 Å². The highest BCUT2D eigenvalue weighted by Gasteiger charge is 2.02. The van der Waals surface area contributed by atoms with Gasteiger partial charge in [-0.15, -0.1) is 0 Å². The molecule has 0 aliphatic rings. The van der Waals surface area contributed by atoms with Gasteiger partial charge in [-0.2, -0.15) is 0 Å². The van der Waals surface area contributed by atoms with Crippen molar-refractivity contribution in [3.63, 3.8) is 0 Å². The van der Waals surface area contributed by atoms with E-state index < -0.39 is 0 Å². The molecule has 3 nitrogen and oxygen atoms in total. The van der Waals surface area contributed by atoms with Crippen LogP contribution in [-0.4, -0.2) is 15.9 Å². The predicted molar refractivity (Wildman–Crippen MR) is 86.1 cm³/mol. The smallest absolute Gasteiger partial charge is 0.142 e. The summed E-state index contributed by atoms with van der Waals surface area (Å²) in [6, 6.07) is 18.8. The van der Waals surface area contributed by atoms with Crippen LogP contribution in [0.2, 0.25) is 5.02 Å². The predicted octanol–water partition coefficient (Wildman–Crippen LogP) is 4.59. The summed E-state index contributed by atoms with van der Waals surface area (Å²) in [5, 5.41) is 10.3. The molecule has 0 radical (unpaired) electrons. The van der Waals surface area contributed by atoms with Crippen LogP contribution in [0.5, 0.6) is 5.75 Å². The van der Waals surface area contributed by atoms with Crippen molar-refractivity contribution in [1.82, 2.24) is 4.57 Å². The van der Waals surface area contributed by atoms with Crippen molar-refractivity contribution in [3.05, 3.63) is 77.6 Å². The SMILES string of the molecule is Oc1cc(Cl)ccc1N=Cc1cccn1-c1ccccc1. The minimum Gasteiger partial charge on any atom is -0.506 e. The number of phenols is 1. The van der Waals surface area contributed by atoms with Crippen molar-refractivity contribution < 1.29 is 5.11 Å². The second-order valence-electron chi connectivity index (χ2n) is 4.53. The van der Waals surface area contributed by atoms with Crippen LogP contribution in [0.3, 0.4) is 0 Å². The zero-order valence-electron chi connectivity index (χ0n) is 11.1. The number of benzene rings is 2. The van der Waals surface area contributed by atoms with Gasteiger partial charge in [0.2, 0.25) is 0 Å². The van der Waals surface area contributed by atoms with Crippen LogP contribution in [0.15, 0.2) is 71.9 Å². The summed E-state index contributed by atoms with van der Waals surface area (Å²) >= 11 is 5.81. The molecule has 0 spiro atoms. The summed E-state index contributed by atoms with van der Waals surface area (Å²) in [6.45, 7) is 0. The molecule has 0 bridgehead atoms. The number of hydrogen-bond donors (Lipinski definition) is 1. The summed E-state index contributed by atoms with van der Waals surface area (Å²) in [5.74, 6) is 0.0663. The van der Waals surface area contributed by atoms with E-state index >= 15 is 0 Å². The first kappa shape index (κ1) is 13.5. The molecule has 0 aliphatic heterocycles. The van der Waals surface area contributed by atoms with E-state index in [9.17, 15) is 5.11 Å². The number of hydrogen-bond acceptors (Lipinski definition) is 2. The lowest BCUT2D eigenvalue weighted by atomic mass is 10.3. The molecule has 1 N–H and O–H groups in total. The van der Waals surface area contributed by atoms with E-state index in [0.29, 0.717) is 10.7 Å². The summed E-state index contributed by atoms with van der Waals surface area (Å²) in [7, 11) is 0. The first-order chi connectivity index (χ1) is 10.2. The summed E-state index contributed by atoms with van der Waals surface area (Å²) in [6.07, 6.45) is 3.69. The van der Waals surface area contributed by atoms with Crippen LogP contribution in [0.4, 0.5) is 5.69 Å². The maximum absolute atomic E-state index is 9.80. The lowest BCUT2D eigenvalue weighted by Gasteiger charge is -2.05. The van der Waals surface area contributed by atoms with E-state index in [1.807, 2.05) is 53.2 Å². The zero-order chi connectivity index (χ0) is 14.7. The van der Waals surface area contributed by atoms with Gasteiger partial charge in [0.25, 0.3) is 0 Å². The molecule has 0 amide bonds. The standard InChI is InChI=1S/C17H13ClN2O/c18-13-8-9-16(17(21)11-13)19-12-15-7-4-10-20(15)14-5-2-1-3-6-14/h1-12,21H. The third-order valence-electron chi connectivity index (χ3n) is 3.09. The molecule has 21 heavy (non-hydrogen) atoms. The second-order valence-corrected chi connectivity index (χ2v) is 4.97. The number of nitrogens with zero attached hydrogens (tertiary/aromatic N) is 2. The molecule has 3 rings (SSSR count). The van der Waals surface area contributed by atoms with Crippen molar-refractivity contribution in [2.45, 2.75) is 0 Å². The molecule has 1 heterocycles. The Bertz CT molecular complexity index is 778. The van der Waals surface area contributed by atoms with E-state index in [0.717, 1.165) is 11.4 Å². The normalized spacial score (nSPS) is 11.1. The molecule has 0 saturated carbocycles. The van der Waals surface area contributed by atoms with Gasteiger partial charge in [-0.1, -0.05) is 29.8 Å². The zero-order valence-corrected chi connectivity index (χ0v) is 11.9. The van der Waals surface area contributed by atoms with Crippen LogP contribution in [0.25, 0.3) is 5.69 Å². The number of aromatic nitrogens is 1. The monoisotopic (exact) mass is 296 g/mol. The molecule has 0 unspecified atom stereocenters. The van der Waals surface area contributed by atoms with Gasteiger partial charge in [-0.25, -0.2) is 0 Å². The molecule has 0 aliphatic carbocycles. The Kier molecular flexibility index (Phi) is 3.75. The Morgan fingerprint density at radius 2 is 1.81 bits per heavy atom. The maximum atomic E-state index is 9.80. The Morgan fingerprint density at radius 3 is 2.57 bits per heavy atom. The first-order valence-electron chi connectivity index (χ1n) is 6.49. The minimum absolute atomic E-state index is 0.0663. The van der Waals surface area contributed by atoms with Gasteiger partial charge in [0.05, 0.1) is 11.9 Å². The summed E-state index contributed by atoms with van der Waals surface area (Å²) in [4.78, 5) is 4.32. The van der Waals surface area contributed by atoms with Crippen LogP contribution in [-0.2, 0) is 0 Å². The molecule has 0 saturated heterocycles. The van der Waals surface area contributed by atoms with Crippen molar-refractivity contribution in [3.8, 4) is 11.4 Å². The maximum Gasteiger partial charge on any atom is 0.142 e. The van der Waals surface area contributed by atoms with Crippen molar-refractivity contribution in [2.75, 3.05) is 0 Å². The lowest BCUT2D eigenvalue weighted by Crippen LogP contribution is -1.97. The molecule has 0 atom stereocenters. The number of para-hydroxylation sites is 1. The third-order valence-corrected chi connectivity index (χ3v) is 3.32. The van der Waals surface area contributed by atoms with E-state index in [1.54, 1.807) is 18.3 Å². The Balaban J connectivity index is 1.93. The van der Waals surface area contributed by atoms with E-state index in [1.165, 1.54) is 6.07 Å².